The molecule has 0 amide bonds. The Hall–Kier alpha value is -4.13. The van der Waals surface area contributed by atoms with Crippen LogP contribution in [0.5, 0.6) is 5.75 Å². The van der Waals surface area contributed by atoms with Gasteiger partial charge in [0, 0.05) is 23.8 Å². The van der Waals surface area contributed by atoms with Gasteiger partial charge in [-0.25, -0.2) is 0 Å². The monoisotopic (exact) mass is 387 g/mol. The number of hydrogen-bond acceptors (Lipinski definition) is 6. The van der Waals surface area contributed by atoms with Gasteiger partial charge >= 0.3 is 0 Å². The molecular weight excluding hydrogens is 370 g/mol. The second-order valence-corrected chi connectivity index (χ2v) is 6.25. The predicted octanol–water partition coefficient (Wildman–Crippen LogP) is 4.94. The van der Waals surface area contributed by atoms with Gasteiger partial charge in [-0.15, -0.1) is 0 Å². The van der Waals surface area contributed by atoms with E-state index in [0.717, 1.165) is 17.0 Å². The van der Waals surface area contributed by atoms with Crippen LogP contribution in [0.4, 0.5) is 11.4 Å². The third-order valence-electron chi connectivity index (χ3n) is 4.39. The molecule has 7 heteroatoms. The van der Waals surface area contributed by atoms with Gasteiger partial charge in [0.1, 0.15) is 17.1 Å². The van der Waals surface area contributed by atoms with Crippen LogP contribution in [0.15, 0.2) is 88.4 Å². The first-order chi connectivity index (χ1) is 14.1. The van der Waals surface area contributed by atoms with E-state index in [4.69, 9.17) is 9.15 Å². The van der Waals surface area contributed by atoms with E-state index in [1.54, 1.807) is 19.2 Å². The summed E-state index contributed by atoms with van der Waals surface area (Å²) in [5, 5.41) is 16.7. The van der Waals surface area contributed by atoms with E-state index in [1.165, 1.54) is 12.1 Å². The number of rotatable bonds is 5. The molecular formula is C22H17N3O4. The lowest BCUT2D eigenvalue weighted by atomic mass is 10.1. The Bertz CT molecular complexity index is 1230. The lowest BCUT2D eigenvalue weighted by Crippen LogP contribution is -2.08. The quantitative estimate of drug-likeness (QED) is 0.387. The number of methoxy groups -OCH3 is 1. The van der Waals surface area contributed by atoms with E-state index in [2.05, 4.69) is 10.5 Å². The summed E-state index contributed by atoms with van der Waals surface area (Å²) in [6.07, 6.45) is 0. The molecule has 0 spiro atoms. The van der Waals surface area contributed by atoms with Gasteiger partial charge in [-0.05, 0) is 42.5 Å². The molecule has 3 aromatic carbocycles. The standard InChI is InChI=1S/C22H17N3O4/c1-28-18-10-7-15(8-11-18)22-14-20(24-23-16-5-3-2-4-6-16)19-13-17(25(26)27)9-12-21(19)29-22/h2-14,23H,1H3/b24-20-. The molecule has 0 aliphatic carbocycles. The molecule has 0 unspecified atom stereocenters. The maximum atomic E-state index is 11.2. The topological polar surface area (TPSA) is 89.9 Å². The highest BCUT2D eigenvalue weighted by molar-refractivity contribution is 5.81. The van der Waals surface area contributed by atoms with Crippen LogP contribution in [0.25, 0.3) is 22.3 Å². The van der Waals surface area contributed by atoms with E-state index in [1.807, 2.05) is 54.6 Å². The van der Waals surface area contributed by atoms with Gasteiger partial charge in [-0.3, -0.25) is 15.5 Å². The predicted molar refractivity (Wildman–Crippen MR) is 110 cm³/mol. The van der Waals surface area contributed by atoms with Crippen LogP contribution in [0.3, 0.4) is 0 Å². The van der Waals surface area contributed by atoms with E-state index >= 15 is 0 Å². The van der Waals surface area contributed by atoms with Gasteiger partial charge in [0.25, 0.3) is 5.69 Å². The van der Waals surface area contributed by atoms with Crippen molar-refractivity contribution in [3.05, 3.63) is 94.3 Å². The van der Waals surface area contributed by atoms with E-state index < -0.39 is 4.92 Å². The molecule has 0 aliphatic rings. The maximum absolute atomic E-state index is 11.2. The summed E-state index contributed by atoms with van der Waals surface area (Å²) in [6, 6.07) is 23.1. The average molecular weight is 387 g/mol. The first-order valence-electron chi connectivity index (χ1n) is 8.85. The van der Waals surface area contributed by atoms with E-state index in [9.17, 15) is 10.1 Å². The van der Waals surface area contributed by atoms with Crippen LogP contribution >= 0.6 is 0 Å². The van der Waals surface area contributed by atoms with Gasteiger partial charge in [0.2, 0.25) is 0 Å². The molecule has 0 aliphatic heterocycles. The van der Waals surface area contributed by atoms with Crippen LogP contribution in [0, 0.1) is 10.1 Å². The maximum Gasteiger partial charge on any atom is 0.270 e. The zero-order chi connectivity index (χ0) is 20.2. The molecule has 1 heterocycles. The molecule has 144 valence electrons. The Morgan fingerprint density at radius 1 is 1.00 bits per heavy atom. The van der Waals surface area contributed by atoms with Gasteiger partial charge in [0.05, 0.1) is 28.5 Å². The van der Waals surface area contributed by atoms with Crippen molar-refractivity contribution < 1.29 is 14.1 Å². The number of nitro groups is 1. The molecule has 4 aromatic rings. The molecule has 4 rings (SSSR count). The third kappa shape index (κ3) is 3.93. The first-order valence-corrected chi connectivity index (χ1v) is 8.85. The third-order valence-corrected chi connectivity index (χ3v) is 4.39. The van der Waals surface area contributed by atoms with E-state index in [0.29, 0.717) is 22.1 Å². The number of ether oxygens (including phenoxy) is 1. The zero-order valence-electron chi connectivity index (χ0n) is 15.5. The first kappa shape index (κ1) is 18.2. The van der Waals surface area contributed by atoms with Gasteiger partial charge < -0.3 is 9.15 Å². The molecule has 0 radical (unpaired) electrons. The highest BCUT2D eigenvalue weighted by Gasteiger charge is 2.11. The number of hydrogen-bond donors (Lipinski definition) is 1. The van der Waals surface area contributed by atoms with Crippen molar-refractivity contribution in [2.24, 2.45) is 5.10 Å². The Kier molecular flexibility index (Phi) is 4.94. The number of benzene rings is 3. The SMILES string of the molecule is COc1ccc(-c2c/c(=N/Nc3ccccc3)c3cc([N+](=O)[O-])ccc3o2)cc1. The minimum atomic E-state index is -0.439. The summed E-state index contributed by atoms with van der Waals surface area (Å²) in [7, 11) is 1.61. The fourth-order valence-corrected chi connectivity index (χ4v) is 2.90. The van der Waals surface area contributed by atoms with Crippen molar-refractivity contribution in [1.82, 2.24) is 0 Å². The van der Waals surface area contributed by atoms with Crippen LogP contribution in [0.1, 0.15) is 0 Å². The van der Waals surface area contributed by atoms with Crippen molar-refractivity contribution in [2.45, 2.75) is 0 Å². The number of non-ortho nitro benzene ring substituents is 1. The summed E-state index contributed by atoms with van der Waals surface area (Å²) in [5.74, 6) is 1.32. The molecule has 1 aromatic heterocycles. The van der Waals surface area contributed by atoms with E-state index in [-0.39, 0.29) is 5.69 Å². The largest absolute Gasteiger partial charge is 0.497 e. The average Bonchev–Trinajstić information content (AvgIpc) is 2.77. The van der Waals surface area contributed by atoms with Crippen LogP contribution < -0.4 is 15.5 Å². The van der Waals surface area contributed by atoms with Crippen molar-refractivity contribution in [1.29, 1.82) is 0 Å². The number of para-hydroxylation sites is 1. The van der Waals surface area contributed by atoms with Gasteiger partial charge in [-0.2, -0.15) is 5.10 Å². The van der Waals surface area contributed by atoms with Crippen LogP contribution in [-0.4, -0.2) is 12.0 Å². The van der Waals surface area contributed by atoms with Crippen LogP contribution in [0.2, 0.25) is 0 Å². The van der Waals surface area contributed by atoms with Gasteiger partial charge in [-0.1, -0.05) is 18.2 Å². The van der Waals surface area contributed by atoms with Crippen molar-refractivity contribution in [3.63, 3.8) is 0 Å². The Balaban J connectivity index is 1.88. The summed E-state index contributed by atoms with van der Waals surface area (Å²) in [6.45, 7) is 0. The molecule has 0 saturated heterocycles. The number of fused-ring (bicyclic) bond motifs is 1. The van der Waals surface area contributed by atoms with Gasteiger partial charge in [0.15, 0.2) is 0 Å². The minimum absolute atomic E-state index is 0.0268. The summed E-state index contributed by atoms with van der Waals surface area (Å²) in [5.41, 5.74) is 5.10. The number of nitrogens with one attached hydrogen (secondary N) is 1. The molecule has 0 atom stereocenters. The van der Waals surface area contributed by atoms with Crippen molar-refractivity contribution in [3.8, 4) is 17.1 Å². The second kappa shape index (κ2) is 7.85. The summed E-state index contributed by atoms with van der Waals surface area (Å²) < 4.78 is 11.2. The summed E-state index contributed by atoms with van der Waals surface area (Å²) >= 11 is 0. The Morgan fingerprint density at radius 2 is 1.76 bits per heavy atom. The Morgan fingerprint density at radius 3 is 2.45 bits per heavy atom. The molecule has 0 fully saturated rings. The normalized spacial score (nSPS) is 11.4. The molecule has 7 nitrogen and oxygen atoms in total. The molecule has 0 bridgehead atoms. The highest BCUT2D eigenvalue weighted by atomic mass is 16.6. The zero-order valence-corrected chi connectivity index (χ0v) is 15.5. The van der Waals surface area contributed by atoms with Crippen molar-refractivity contribution >= 4 is 22.3 Å². The number of nitrogens with zero attached hydrogens (tertiary/aromatic N) is 2. The molecule has 29 heavy (non-hydrogen) atoms. The second-order valence-electron chi connectivity index (χ2n) is 6.25. The van der Waals surface area contributed by atoms with Crippen molar-refractivity contribution in [2.75, 3.05) is 12.5 Å². The fraction of sp³-hybridized carbons (Fsp3) is 0.0455. The summed E-state index contributed by atoms with van der Waals surface area (Å²) in [4.78, 5) is 10.8. The molecule has 0 saturated carbocycles. The minimum Gasteiger partial charge on any atom is -0.497 e. The molecule has 1 N–H and O–H groups in total. The Labute approximate surface area is 166 Å². The van der Waals surface area contributed by atoms with Crippen LogP contribution in [-0.2, 0) is 0 Å². The number of anilines is 1. The highest BCUT2D eigenvalue weighted by Crippen LogP contribution is 2.26. The fourth-order valence-electron chi connectivity index (χ4n) is 2.90. The number of nitro benzene ring substituents is 1. The lowest BCUT2D eigenvalue weighted by molar-refractivity contribution is -0.384. The smallest absolute Gasteiger partial charge is 0.270 e. The lowest BCUT2D eigenvalue weighted by Gasteiger charge is -2.07.